The topological polar surface area (TPSA) is 95.9 Å². The zero-order chi connectivity index (χ0) is 13.5. The quantitative estimate of drug-likeness (QED) is 0.624. The lowest BCUT2D eigenvalue weighted by Gasteiger charge is -2.17. The summed E-state index contributed by atoms with van der Waals surface area (Å²) in [6.07, 6.45) is 0.554. The molecule has 0 saturated carbocycles. The van der Waals surface area contributed by atoms with E-state index < -0.39 is 12.1 Å². The maximum Gasteiger partial charge on any atom is 0.306 e. The Hall–Kier alpha value is -1.63. The number of hydrogen-bond donors (Lipinski definition) is 2. The first-order chi connectivity index (χ1) is 8.52. The van der Waals surface area contributed by atoms with Gasteiger partial charge in [-0.3, -0.25) is 14.4 Å². The number of carbonyl (C=O) groups is 3. The van der Waals surface area contributed by atoms with E-state index in [2.05, 4.69) is 5.32 Å². The van der Waals surface area contributed by atoms with Crippen LogP contribution in [0.1, 0.15) is 19.3 Å². The molecule has 1 fully saturated rings. The molecule has 7 heteroatoms. The Morgan fingerprint density at radius 3 is 2.78 bits per heavy atom. The van der Waals surface area contributed by atoms with E-state index in [1.54, 1.807) is 0 Å². The number of rotatable bonds is 7. The van der Waals surface area contributed by atoms with Gasteiger partial charge in [-0.05, 0) is 6.42 Å². The van der Waals surface area contributed by atoms with E-state index in [1.165, 1.54) is 12.0 Å². The van der Waals surface area contributed by atoms with Crippen LogP contribution in [0.15, 0.2) is 0 Å². The third-order valence-corrected chi connectivity index (χ3v) is 2.77. The fraction of sp³-hybridized carbons (Fsp3) is 0.727. The lowest BCUT2D eigenvalue weighted by molar-refractivity contribution is -0.140. The molecule has 0 bridgehead atoms. The maximum atomic E-state index is 11.5. The van der Waals surface area contributed by atoms with Crippen molar-refractivity contribution in [2.45, 2.75) is 25.4 Å². The summed E-state index contributed by atoms with van der Waals surface area (Å²) in [5.41, 5.74) is 0. The monoisotopic (exact) mass is 258 g/mol. The van der Waals surface area contributed by atoms with Gasteiger partial charge >= 0.3 is 5.97 Å². The zero-order valence-electron chi connectivity index (χ0n) is 10.3. The van der Waals surface area contributed by atoms with Crippen molar-refractivity contribution in [1.82, 2.24) is 10.2 Å². The van der Waals surface area contributed by atoms with Gasteiger partial charge in [0.2, 0.25) is 11.8 Å². The molecule has 0 spiro atoms. The highest BCUT2D eigenvalue weighted by Crippen LogP contribution is 2.08. The molecule has 1 aliphatic heterocycles. The standard InChI is InChI=1S/C11H18N2O5/c1-18-8(5-11(16)17)6-12-9(14)7-13-4-2-3-10(13)15/h8H,2-7H2,1H3,(H,12,14)(H,16,17). The van der Waals surface area contributed by atoms with E-state index >= 15 is 0 Å². The summed E-state index contributed by atoms with van der Waals surface area (Å²) in [5.74, 6) is -1.29. The summed E-state index contributed by atoms with van der Waals surface area (Å²) >= 11 is 0. The Labute approximate surface area is 105 Å². The molecule has 0 radical (unpaired) electrons. The SMILES string of the molecule is COC(CNC(=O)CN1CCCC1=O)CC(=O)O. The molecular formula is C11H18N2O5. The Morgan fingerprint density at radius 1 is 1.56 bits per heavy atom. The number of ether oxygens (including phenoxy) is 1. The average Bonchev–Trinajstić information content (AvgIpc) is 2.70. The van der Waals surface area contributed by atoms with Crippen LogP contribution in [0.2, 0.25) is 0 Å². The van der Waals surface area contributed by atoms with E-state index in [9.17, 15) is 14.4 Å². The van der Waals surface area contributed by atoms with Crippen LogP contribution >= 0.6 is 0 Å². The molecule has 1 rings (SSSR count). The number of hydrogen-bond acceptors (Lipinski definition) is 4. The molecule has 1 aliphatic rings. The second kappa shape index (κ2) is 6.95. The summed E-state index contributed by atoms with van der Waals surface area (Å²) < 4.78 is 4.93. The smallest absolute Gasteiger partial charge is 0.306 e. The fourth-order valence-corrected chi connectivity index (χ4v) is 1.76. The van der Waals surface area contributed by atoms with Gasteiger partial charge in [-0.1, -0.05) is 0 Å². The number of aliphatic carboxylic acids is 1. The lowest BCUT2D eigenvalue weighted by atomic mass is 10.2. The molecule has 2 N–H and O–H groups in total. The van der Waals surface area contributed by atoms with Crippen LogP contribution in [-0.4, -0.2) is 60.6 Å². The molecule has 7 nitrogen and oxygen atoms in total. The number of amides is 2. The number of carboxylic acids is 1. The van der Waals surface area contributed by atoms with Crippen LogP contribution in [0.4, 0.5) is 0 Å². The predicted molar refractivity (Wildman–Crippen MR) is 61.9 cm³/mol. The highest BCUT2D eigenvalue weighted by Gasteiger charge is 2.22. The molecule has 18 heavy (non-hydrogen) atoms. The molecule has 102 valence electrons. The first-order valence-electron chi connectivity index (χ1n) is 5.82. The lowest BCUT2D eigenvalue weighted by Crippen LogP contribution is -2.41. The first kappa shape index (κ1) is 14.4. The Kier molecular flexibility index (Phi) is 5.57. The van der Waals surface area contributed by atoms with E-state index in [-0.39, 0.29) is 31.3 Å². The van der Waals surface area contributed by atoms with Crippen LogP contribution < -0.4 is 5.32 Å². The van der Waals surface area contributed by atoms with Crippen molar-refractivity contribution in [3.63, 3.8) is 0 Å². The molecule has 0 aromatic carbocycles. The molecule has 0 aromatic heterocycles. The summed E-state index contributed by atoms with van der Waals surface area (Å²) in [5, 5.41) is 11.2. The third-order valence-electron chi connectivity index (χ3n) is 2.77. The number of carboxylic acid groups (broad SMARTS) is 1. The first-order valence-corrected chi connectivity index (χ1v) is 5.82. The summed E-state index contributed by atoms with van der Waals surface area (Å²) in [6.45, 7) is 0.765. The summed E-state index contributed by atoms with van der Waals surface area (Å²) in [7, 11) is 1.39. The van der Waals surface area contributed by atoms with Crippen LogP contribution in [0.5, 0.6) is 0 Å². The molecule has 1 saturated heterocycles. The highest BCUT2D eigenvalue weighted by molar-refractivity contribution is 5.85. The number of likely N-dealkylation sites (tertiary alicyclic amines) is 1. The second-order valence-electron chi connectivity index (χ2n) is 4.18. The van der Waals surface area contributed by atoms with Gasteiger partial charge in [0.15, 0.2) is 0 Å². The van der Waals surface area contributed by atoms with Crippen molar-refractivity contribution >= 4 is 17.8 Å². The summed E-state index contributed by atoms with van der Waals surface area (Å²) in [6, 6.07) is 0. The molecule has 1 unspecified atom stereocenters. The van der Waals surface area contributed by atoms with Crippen molar-refractivity contribution < 1.29 is 24.2 Å². The van der Waals surface area contributed by atoms with Crippen LogP contribution in [0.25, 0.3) is 0 Å². The second-order valence-corrected chi connectivity index (χ2v) is 4.18. The van der Waals surface area contributed by atoms with Gasteiger partial charge in [0.1, 0.15) is 0 Å². The van der Waals surface area contributed by atoms with Crippen molar-refractivity contribution in [3.8, 4) is 0 Å². The minimum absolute atomic E-state index is 0.0148. The number of carbonyl (C=O) groups excluding carboxylic acids is 2. The van der Waals surface area contributed by atoms with Crippen molar-refractivity contribution in [2.24, 2.45) is 0 Å². The normalized spacial score (nSPS) is 16.7. The van der Waals surface area contributed by atoms with Crippen molar-refractivity contribution in [2.75, 3.05) is 26.7 Å². The minimum atomic E-state index is -0.981. The van der Waals surface area contributed by atoms with E-state index in [1.807, 2.05) is 0 Å². The van der Waals surface area contributed by atoms with Gasteiger partial charge in [0, 0.05) is 26.6 Å². The molecular weight excluding hydrogens is 240 g/mol. The van der Waals surface area contributed by atoms with Crippen LogP contribution in [0.3, 0.4) is 0 Å². The van der Waals surface area contributed by atoms with E-state index in [4.69, 9.17) is 9.84 Å². The van der Waals surface area contributed by atoms with Gasteiger partial charge in [0.05, 0.1) is 19.1 Å². The zero-order valence-corrected chi connectivity index (χ0v) is 10.3. The van der Waals surface area contributed by atoms with Crippen molar-refractivity contribution in [3.05, 3.63) is 0 Å². The van der Waals surface area contributed by atoms with Gasteiger partial charge in [-0.2, -0.15) is 0 Å². The highest BCUT2D eigenvalue weighted by atomic mass is 16.5. The van der Waals surface area contributed by atoms with Crippen LogP contribution in [-0.2, 0) is 19.1 Å². The van der Waals surface area contributed by atoms with Gasteiger partial charge in [-0.15, -0.1) is 0 Å². The number of nitrogens with zero attached hydrogens (tertiary/aromatic N) is 1. The maximum absolute atomic E-state index is 11.5. The van der Waals surface area contributed by atoms with Gasteiger partial charge in [-0.25, -0.2) is 0 Å². The number of nitrogens with one attached hydrogen (secondary N) is 1. The summed E-state index contributed by atoms with van der Waals surface area (Å²) in [4.78, 5) is 34.8. The minimum Gasteiger partial charge on any atom is -0.481 e. The van der Waals surface area contributed by atoms with Gasteiger partial charge < -0.3 is 20.1 Å². The molecule has 2 amide bonds. The largest absolute Gasteiger partial charge is 0.481 e. The van der Waals surface area contributed by atoms with Gasteiger partial charge in [0.25, 0.3) is 0 Å². The third kappa shape index (κ3) is 4.70. The molecule has 0 aliphatic carbocycles. The average molecular weight is 258 g/mol. The Bertz CT molecular complexity index is 331. The number of methoxy groups -OCH3 is 1. The fourth-order valence-electron chi connectivity index (χ4n) is 1.76. The Balaban J connectivity index is 2.27. The molecule has 0 aromatic rings. The Morgan fingerprint density at radius 2 is 2.28 bits per heavy atom. The predicted octanol–water partition coefficient (Wildman–Crippen LogP) is -0.785. The van der Waals surface area contributed by atoms with E-state index in [0.717, 1.165) is 6.42 Å². The van der Waals surface area contributed by atoms with Crippen LogP contribution in [0, 0.1) is 0 Å². The van der Waals surface area contributed by atoms with Crippen molar-refractivity contribution in [1.29, 1.82) is 0 Å². The van der Waals surface area contributed by atoms with E-state index in [0.29, 0.717) is 13.0 Å². The molecule has 1 atom stereocenters. The molecule has 1 heterocycles.